The number of ether oxygens (including phenoxy) is 1. The van der Waals surface area contributed by atoms with E-state index in [0.717, 1.165) is 35.2 Å². The molecule has 0 radical (unpaired) electrons. The minimum absolute atomic E-state index is 0.0622. The number of rotatable bonds is 7. The Hall–Kier alpha value is -3.63. The van der Waals surface area contributed by atoms with Crippen molar-refractivity contribution in [3.8, 4) is 17.6 Å². The summed E-state index contributed by atoms with van der Waals surface area (Å²) >= 11 is 0. The van der Waals surface area contributed by atoms with Crippen molar-refractivity contribution in [1.29, 1.82) is 0 Å². The molecule has 0 fully saturated rings. The molecule has 7 heteroatoms. The first-order chi connectivity index (χ1) is 14.5. The SMILES string of the molecule is CN(C)CCCOc1ccnc2ccc(C#CCNC(=O)c3ccc[nH]c3=O)cc12. The average Bonchev–Trinajstić information content (AvgIpc) is 2.74. The Morgan fingerprint density at radius 2 is 2.13 bits per heavy atom. The van der Waals surface area contributed by atoms with Gasteiger partial charge >= 0.3 is 0 Å². The van der Waals surface area contributed by atoms with Crippen molar-refractivity contribution in [2.24, 2.45) is 0 Å². The number of hydrogen-bond donors (Lipinski definition) is 2. The molecule has 0 atom stereocenters. The lowest BCUT2D eigenvalue weighted by Gasteiger charge is -2.11. The topological polar surface area (TPSA) is 87.3 Å². The summed E-state index contributed by atoms with van der Waals surface area (Å²) in [5, 5.41) is 3.53. The van der Waals surface area contributed by atoms with E-state index in [0.29, 0.717) is 6.61 Å². The number of H-pyrrole nitrogens is 1. The van der Waals surface area contributed by atoms with E-state index in [1.807, 2.05) is 38.4 Å². The molecule has 2 N–H and O–H groups in total. The number of aromatic nitrogens is 2. The molecule has 0 unspecified atom stereocenters. The van der Waals surface area contributed by atoms with Crippen molar-refractivity contribution in [3.05, 3.63) is 70.3 Å². The monoisotopic (exact) mass is 404 g/mol. The fourth-order valence-corrected chi connectivity index (χ4v) is 2.85. The fourth-order valence-electron chi connectivity index (χ4n) is 2.85. The van der Waals surface area contributed by atoms with Gasteiger partial charge in [0.25, 0.3) is 11.5 Å². The molecule has 7 nitrogen and oxygen atoms in total. The summed E-state index contributed by atoms with van der Waals surface area (Å²) in [4.78, 5) is 32.6. The van der Waals surface area contributed by atoms with E-state index in [-0.39, 0.29) is 12.1 Å². The lowest BCUT2D eigenvalue weighted by Crippen LogP contribution is -2.29. The van der Waals surface area contributed by atoms with Crippen LogP contribution in [0.25, 0.3) is 10.9 Å². The lowest BCUT2D eigenvalue weighted by atomic mass is 10.1. The van der Waals surface area contributed by atoms with Gasteiger partial charge in [0.15, 0.2) is 0 Å². The zero-order valence-electron chi connectivity index (χ0n) is 17.1. The van der Waals surface area contributed by atoms with Crippen LogP contribution in [-0.2, 0) is 0 Å². The van der Waals surface area contributed by atoms with E-state index in [1.54, 1.807) is 12.3 Å². The van der Waals surface area contributed by atoms with Gasteiger partial charge in [-0.3, -0.25) is 14.6 Å². The summed E-state index contributed by atoms with van der Waals surface area (Å²) in [5.74, 6) is 6.26. The first-order valence-corrected chi connectivity index (χ1v) is 9.65. The van der Waals surface area contributed by atoms with Crippen LogP contribution in [0.2, 0.25) is 0 Å². The Labute approximate surface area is 175 Å². The first kappa shape index (κ1) is 21.1. The highest BCUT2D eigenvalue weighted by Crippen LogP contribution is 2.24. The maximum absolute atomic E-state index is 12.0. The van der Waals surface area contributed by atoms with E-state index in [1.165, 1.54) is 12.3 Å². The van der Waals surface area contributed by atoms with Crippen LogP contribution in [-0.4, -0.2) is 54.6 Å². The summed E-state index contributed by atoms with van der Waals surface area (Å²) in [5.41, 5.74) is 1.26. The highest BCUT2D eigenvalue weighted by atomic mass is 16.5. The molecule has 0 aliphatic heterocycles. The molecule has 1 aromatic carbocycles. The van der Waals surface area contributed by atoms with E-state index in [4.69, 9.17) is 4.74 Å². The zero-order chi connectivity index (χ0) is 21.3. The summed E-state index contributed by atoms with van der Waals surface area (Å²) in [7, 11) is 4.07. The van der Waals surface area contributed by atoms with Gasteiger partial charge in [0.1, 0.15) is 11.3 Å². The van der Waals surface area contributed by atoms with Gasteiger partial charge in [-0.05, 0) is 56.9 Å². The summed E-state index contributed by atoms with van der Waals surface area (Å²) in [6.07, 6.45) is 4.14. The number of carbonyl (C=O) groups excluding carboxylic acids is 1. The van der Waals surface area contributed by atoms with Crippen molar-refractivity contribution in [2.45, 2.75) is 6.42 Å². The van der Waals surface area contributed by atoms with Gasteiger partial charge in [-0.15, -0.1) is 0 Å². The van der Waals surface area contributed by atoms with Crippen molar-refractivity contribution in [3.63, 3.8) is 0 Å². The standard InChI is InChI=1S/C23H24N4O3/c1-27(2)14-5-15-30-21-10-13-24-20-9-8-17(16-19(20)21)6-3-11-25-22(28)18-7-4-12-26-23(18)29/h4,7-10,12-13,16H,5,11,14-15H2,1-2H3,(H,25,28)(H,26,29). The molecule has 0 saturated heterocycles. The molecular weight excluding hydrogens is 380 g/mol. The Morgan fingerprint density at radius 3 is 2.93 bits per heavy atom. The first-order valence-electron chi connectivity index (χ1n) is 9.65. The van der Waals surface area contributed by atoms with Crippen LogP contribution in [0.4, 0.5) is 0 Å². The van der Waals surface area contributed by atoms with E-state index >= 15 is 0 Å². The van der Waals surface area contributed by atoms with Gasteiger partial charge in [0, 0.05) is 29.9 Å². The number of amides is 1. The van der Waals surface area contributed by atoms with Crippen LogP contribution in [0.5, 0.6) is 5.75 Å². The lowest BCUT2D eigenvalue weighted by molar-refractivity contribution is 0.0957. The second-order valence-corrected chi connectivity index (χ2v) is 6.94. The van der Waals surface area contributed by atoms with Crippen LogP contribution in [0.1, 0.15) is 22.3 Å². The summed E-state index contributed by atoms with van der Waals surface area (Å²) < 4.78 is 5.94. The predicted molar refractivity (Wildman–Crippen MR) is 117 cm³/mol. The summed E-state index contributed by atoms with van der Waals surface area (Å²) in [6, 6.07) is 10.6. The molecule has 0 aliphatic carbocycles. The third-order valence-corrected chi connectivity index (χ3v) is 4.34. The number of benzene rings is 1. The molecule has 2 aromatic heterocycles. The van der Waals surface area contributed by atoms with Crippen LogP contribution >= 0.6 is 0 Å². The Balaban J connectivity index is 1.65. The number of aromatic amines is 1. The number of pyridine rings is 2. The number of fused-ring (bicyclic) bond motifs is 1. The molecule has 0 bridgehead atoms. The van der Waals surface area contributed by atoms with Gasteiger partial charge in [0.2, 0.25) is 0 Å². The minimum atomic E-state index is -0.456. The number of carbonyl (C=O) groups is 1. The molecule has 2 heterocycles. The van der Waals surface area contributed by atoms with E-state index in [9.17, 15) is 9.59 Å². The Bertz CT molecular complexity index is 1140. The van der Waals surface area contributed by atoms with Crippen molar-refractivity contribution in [1.82, 2.24) is 20.2 Å². The van der Waals surface area contributed by atoms with Gasteiger partial charge in [-0.25, -0.2) is 0 Å². The fraction of sp³-hybridized carbons (Fsp3) is 0.261. The predicted octanol–water partition coefficient (Wildman–Crippen LogP) is 2.04. The third kappa shape index (κ3) is 5.69. The normalized spacial score (nSPS) is 10.5. The van der Waals surface area contributed by atoms with Crippen molar-refractivity contribution in [2.75, 3.05) is 33.8 Å². The average molecular weight is 404 g/mol. The Kier molecular flexibility index (Phi) is 7.19. The summed E-state index contributed by atoms with van der Waals surface area (Å²) in [6.45, 7) is 1.71. The van der Waals surface area contributed by atoms with Crippen molar-refractivity contribution < 1.29 is 9.53 Å². The quantitative estimate of drug-likeness (QED) is 0.465. The van der Waals surface area contributed by atoms with E-state index < -0.39 is 11.5 Å². The highest BCUT2D eigenvalue weighted by molar-refractivity contribution is 5.93. The molecular formula is C23H24N4O3. The largest absolute Gasteiger partial charge is 0.493 e. The van der Waals surface area contributed by atoms with Gasteiger partial charge < -0.3 is 19.9 Å². The molecule has 0 saturated carbocycles. The second kappa shape index (κ2) is 10.2. The highest BCUT2D eigenvalue weighted by Gasteiger charge is 2.08. The Morgan fingerprint density at radius 1 is 1.27 bits per heavy atom. The molecule has 1 amide bonds. The molecule has 0 aliphatic rings. The zero-order valence-corrected chi connectivity index (χ0v) is 17.1. The van der Waals surface area contributed by atoms with Crippen LogP contribution < -0.4 is 15.6 Å². The minimum Gasteiger partial charge on any atom is -0.493 e. The van der Waals surface area contributed by atoms with Crippen LogP contribution in [0, 0.1) is 11.8 Å². The molecule has 154 valence electrons. The molecule has 3 aromatic rings. The van der Waals surface area contributed by atoms with Gasteiger partial charge in [-0.2, -0.15) is 0 Å². The van der Waals surface area contributed by atoms with Crippen LogP contribution in [0.15, 0.2) is 53.6 Å². The maximum atomic E-state index is 12.0. The van der Waals surface area contributed by atoms with E-state index in [2.05, 4.69) is 32.0 Å². The van der Waals surface area contributed by atoms with Gasteiger partial charge in [-0.1, -0.05) is 11.8 Å². The molecule has 0 spiro atoms. The van der Waals surface area contributed by atoms with Crippen molar-refractivity contribution >= 4 is 16.8 Å². The maximum Gasteiger partial charge on any atom is 0.260 e. The van der Waals surface area contributed by atoms with Gasteiger partial charge in [0.05, 0.1) is 18.7 Å². The number of nitrogens with one attached hydrogen (secondary N) is 2. The second-order valence-electron chi connectivity index (χ2n) is 6.94. The molecule has 30 heavy (non-hydrogen) atoms. The smallest absolute Gasteiger partial charge is 0.260 e. The number of nitrogens with zero attached hydrogens (tertiary/aromatic N) is 2. The third-order valence-electron chi connectivity index (χ3n) is 4.34. The van der Waals surface area contributed by atoms with Crippen LogP contribution in [0.3, 0.4) is 0 Å². The number of hydrogen-bond acceptors (Lipinski definition) is 5. The molecule has 3 rings (SSSR count).